The average Bonchev–Trinajstić information content (AvgIpc) is 2.61. The van der Waals surface area contributed by atoms with Gasteiger partial charge in [0.1, 0.15) is 0 Å². The highest BCUT2D eigenvalue weighted by Crippen LogP contribution is 2.33. The van der Waals surface area contributed by atoms with Crippen LogP contribution in [0, 0.1) is 6.92 Å². The van der Waals surface area contributed by atoms with Gasteiger partial charge in [-0.05, 0) is 63.5 Å². The summed E-state index contributed by atoms with van der Waals surface area (Å²) < 4.78 is 0. The summed E-state index contributed by atoms with van der Waals surface area (Å²) in [6.45, 7) is 4.01. The van der Waals surface area contributed by atoms with Gasteiger partial charge in [0.15, 0.2) is 0 Å². The van der Waals surface area contributed by atoms with Crippen molar-refractivity contribution in [3.63, 3.8) is 0 Å². The summed E-state index contributed by atoms with van der Waals surface area (Å²) in [5, 5.41) is 12.1. The number of aliphatic hydroxyl groups is 1. The molecule has 0 saturated carbocycles. The van der Waals surface area contributed by atoms with Crippen LogP contribution in [0.5, 0.6) is 0 Å². The molecule has 0 spiro atoms. The van der Waals surface area contributed by atoms with Gasteiger partial charge in [-0.1, -0.05) is 12.1 Å². The molecule has 1 atom stereocenters. The van der Waals surface area contributed by atoms with Gasteiger partial charge >= 0.3 is 0 Å². The van der Waals surface area contributed by atoms with Crippen molar-refractivity contribution in [1.29, 1.82) is 0 Å². The molecule has 3 rings (SSSR count). The monoisotopic (exact) mass is 270 g/mol. The molecule has 1 unspecified atom stereocenters. The number of aromatic nitrogens is 1. The third kappa shape index (κ3) is 2.56. The zero-order chi connectivity index (χ0) is 14.2. The molecule has 1 aromatic carbocycles. The van der Waals surface area contributed by atoms with Gasteiger partial charge < -0.3 is 10.0 Å². The van der Waals surface area contributed by atoms with Gasteiger partial charge in [-0.25, -0.2) is 0 Å². The number of pyridine rings is 1. The van der Waals surface area contributed by atoms with Gasteiger partial charge in [0.05, 0.1) is 11.1 Å². The van der Waals surface area contributed by atoms with Gasteiger partial charge in [0, 0.05) is 17.6 Å². The molecule has 3 heteroatoms. The molecule has 3 nitrogen and oxygen atoms in total. The Balaban J connectivity index is 1.98. The van der Waals surface area contributed by atoms with E-state index >= 15 is 0 Å². The van der Waals surface area contributed by atoms with Crippen molar-refractivity contribution >= 4 is 10.9 Å². The van der Waals surface area contributed by atoms with Crippen LogP contribution in [0.1, 0.15) is 30.5 Å². The zero-order valence-corrected chi connectivity index (χ0v) is 12.3. The van der Waals surface area contributed by atoms with Crippen molar-refractivity contribution in [3.05, 3.63) is 41.6 Å². The molecule has 1 aromatic heterocycles. The van der Waals surface area contributed by atoms with Gasteiger partial charge in [-0.3, -0.25) is 4.98 Å². The van der Waals surface area contributed by atoms with Crippen LogP contribution in [0.15, 0.2) is 30.3 Å². The lowest BCUT2D eigenvalue weighted by Gasteiger charge is -2.27. The molecule has 106 valence electrons. The number of hydrogen-bond acceptors (Lipinski definition) is 3. The molecule has 2 aromatic rings. The van der Waals surface area contributed by atoms with E-state index in [1.807, 2.05) is 25.1 Å². The zero-order valence-electron chi connectivity index (χ0n) is 12.3. The quantitative estimate of drug-likeness (QED) is 0.865. The first-order chi connectivity index (χ1) is 9.57. The van der Waals surface area contributed by atoms with Crippen LogP contribution in [0.2, 0.25) is 0 Å². The van der Waals surface area contributed by atoms with E-state index in [1.54, 1.807) is 0 Å². The first-order valence-corrected chi connectivity index (χ1v) is 7.36. The topological polar surface area (TPSA) is 36.4 Å². The summed E-state index contributed by atoms with van der Waals surface area (Å²) in [7, 11) is 2.12. The largest absolute Gasteiger partial charge is 0.385 e. The summed E-state index contributed by atoms with van der Waals surface area (Å²) in [6, 6.07) is 10.3. The first kappa shape index (κ1) is 13.5. The van der Waals surface area contributed by atoms with Crippen LogP contribution in [0.25, 0.3) is 10.9 Å². The number of rotatable bonds is 1. The third-order valence-corrected chi connectivity index (χ3v) is 4.40. The number of benzene rings is 1. The Hall–Kier alpha value is -1.45. The third-order valence-electron chi connectivity index (χ3n) is 4.40. The maximum absolute atomic E-state index is 11.0. The summed E-state index contributed by atoms with van der Waals surface area (Å²) >= 11 is 0. The fourth-order valence-electron chi connectivity index (χ4n) is 3.06. The van der Waals surface area contributed by atoms with Crippen LogP contribution < -0.4 is 0 Å². The summed E-state index contributed by atoms with van der Waals surface area (Å²) in [4.78, 5) is 6.82. The van der Waals surface area contributed by atoms with Crippen molar-refractivity contribution in [3.8, 4) is 0 Å². The molecular weight excluding hydrogens is 248 g/mol. The summed E-state index contributed by atoms with van der Waals surface area (Å²) in [5.74, 6) is 0. The van der Waals surface area contributed by atoms with Crippen LogP contribution in [-0.2, 0) is 5.60 Å². The predicted octanol–water partition coefficient (Wildman–Crippen LogP) is 2.85. The van der Waals surface area contributed by atoms with E-state index in [0.717, 1.165) is 54.5 Å². The highest BCUT2D eigenvalue weighted by atomic mass is 16.3. The van der Waals surface area contributed by atoms with Crippen LogP contribution in [0.3, 0.4) is 0 Å². The lowest BCUT2D eigenvalue weighted by Crippen LogP contribution is -2.27. The van der Waals surface area contributed by atoms with Crippen molar-refractivity contribution in [2.45, 2.75) is 31.8 Å². The number of nitrogens with zero attached hydrogens (tertiary/aromatic N) is 2. The minimum atomic E-state index is -0.691. The van der Waals surface area contributed by atoms with Crippen molar-refractivity contribution in [1.82, 2.24) is 9.88 Å². The van der Waals surface area contributed by atoms with Gasteiger partial charge in [-0.2, -0.15) is 0 Å². The Morgan fingerprint density at radius 1 is 1.15 bits per heavy atom. The van der Waals surface area contributed by atoms with Gasteiger partial charge in [0.25, 0.3) is 0 Å². The summed E-state index contributed by atoms with van der Waals surface area (Å²) in [6.07, 6.45) is 2.67. The minimum Gasteiger partial charge on any atom is -0.385 e. The molecule has 1 aliphatic rings. The normalized spacial score (nSPS) is 24.8. The number of hydrogen-bond donors (Lipinski definition) is 1. The molecule has 0 bridgehead atoms. The fraction of sp³-hybridized carbons (Fsp3) is 0.471. The number of aryl methyl sites for hydroxylation is 1. The lowest BCUT2D eigenvalue weighted by atomic mass is 9.86. The maximum atomic E-state index is 11.0. The molecule has 1 aliphatic heterocycles. The molecule has 0 aliphatic carbocycles. The number of fused-ring (bicyclic) bond motifs is 1. The Labute approximate surface area is 120 Å². The Kier molecular flexibility index (Phi) is 3.48. The van der Waals surface area contributed by atoms with E-state index in [0.29, 0.717) is 0 Å². The second-order valence-electron chi connectivity index (χ2n) is 6.05. The molecule has 20 heavy (non-hydrogen) atoms. The second kappa shape index (κ2) is 5.15. The standard InChI is InChI=1S/C17H22N2O/c1-13-4-5-14-12-15(6-7-16(14)18-13)17(20)8-3-10-19(2)11-9-17/h4-7,12,20H,3,8-11H2,1-2H3. The van der Waals surface area contributed by atoms with Crippen LogP contribution in [0.4, 0.5) is 0 Å². The van der Waals surface area contributed by atoms with Crippen molar-refractivity contribution in [2.75, 3.05) is 20.1 Å². The van der Waals surface area contributed by atoms with E-state index in [4.69, 9.17) is 0 Å². The second-order valence-corrected chi connectivity index (χ2v) is 6.05. The molecular formula is C17H22N2O. The highest BCUT2D eigenvalue weighted by molar-refractivity contribution is 5.79. The minimum absolute atomic E-state index is 0.691. The molecule has 1 N–H and O–H groups in total. The van der Waals surface area contributed by atoms with E-state index in [9.17, 15) is 5.11 Å². The van der Waals surface area contributed by atoms with Crippen LogP contribution in [-0.4, -0.2) is 35.1 Å². The fourth-order valence-corrected chi connectivity index (χ4v) is 3.06. The molecule has 0 radical (unpaired) electrons. The van der Waals surface area contributed by atoms with Crippen LogP contribution >= 0.6 is 0 Å². The Morgan fingerprint density at radius 2 is 2.00 bits per heavy atom. The predicted molar refractivity (Wildman–Crippen MR) is 81.7 cm³/mol. The molecule has 0 amide bonds. The van der Waals surface area contributed by atoms with Crippen molar-refractivity contribution < 1.29 is 5.11 Å². The summed E-state index contributed by atoms with van der Waals surface area (Å²) in [5.41, 5.74) is 2.37. The van der Waals surface area contributed by atoms with E-state index in [1.165, 1.54) is 0 Å². The maximum Gasteiger partial charge on any atom is 0.0909 e. The average molecular weight is 270 g/mol. The van der Waals surface area contributed by atoms with E-state index in [2.05, 4.69) is 29.1 Å². The van der Waals surface area contributed by atoms with Gasteiger partial charge in [-0.15, -0.1) is 0 Å². The van der Waals surface area contributed by atoms with Crippen molar-refractivity contribution in [2.24, 2.45) is 0 Å². The molecule has 1 saturated heterocycles. The lowest BCUT2D eigenvalue weighted by molar-refractivity contribution is 0.0219. The smallest absolute Gasteiger partial charge is 0.0909 e. The number of likely N-dealkylation sites (tertiary alicyclic amines) is 1. The highest BCUT2D eigenvalue weighted by Gasteiger charge is 2.31. The SMILES string of the molecule is Cc1ccc2cc(C3(O)CCCN(C)CC3)ccc2n1. The van der Waals surface area contributed by atoms with E-state index in [-0.39, 0.29) is 0 Å². The Bertz CT molecular complexity index is 625. The molecule has 2 heterocycles. The molecule has 1 fully saturated rings. The van der Waals surface area contributed by atoms with E-state index < -0.39 is 5.60 Å². The van der Waals surface area contributed by atoms with Gasteiger partial charge in [0.2, 0.25) is 0 Å². The Morgan fingerprint density at radius 3 is 2.85 bits per heavy atom. The first-order valence-electron chi connectivity index (χ1n) is 7.36.